The van der Waals surface area contributed by atoms with Crippen LogP contribution in [0.5, 0.6) is 0 Å². The highest BCUT2D eigenvalue weighted by Crippen LogP contribution is 2.21. The first-order valence-corrected chi connectivity index (χ1v) is 10.0. The van der Waals surface area contributed by atoms with Crippen LogP contribution in [0.25, 0.3) is 21.8 Å². The van der Waals surface area contributed by atoms with Crippen LogP contribution in [-0.4, -0.2) is 14.7 Å². The standard InChI is InChI=1S/C25H20N4O2/c30-24-13-23(27-14-19-10-11-20-8-4-5-9-21(20)12-19)22-15-26-17-28-25(22)29(24)31-16-18-6-2-1-3-7-18/h1-13,15,17,27H,14,16H2. The predicted octanol–water partition coefficient (Wildman–Crippen LogP) is 4.19. The average molecular weight is 408 g/mol. The van der Waals surface area contributed by atoms with Crippen molar-refractivity contribution in [3.63, 3.8) is 0 Å². The van der Waals surface area contributed by atoms with Gasteiger partial charge < -0.3 is 10.2 Å². The van der Waals surface area contributed by atoms with E-state index in [0.717, 1.165) is 16.5 Å². The molecule has 5 rings (SSSR count). The summed E-state index contributed by atoms with van der Waals surface area (Å²) in [5.41, 5.74) is 2.90. The summed E-state index contributed by atoms with van der Waals surface area (Å²) in [5.74, 6) is 0. The largest absolute Gasteiger partial charge is 0.404 e. The van der Waals surface area contributed by atoms with Crippen LogP contribution in [0.15, 0.2) is 96.2 Å². The minimum Gasteiger partial charge on any atom is -0.404 e. The number of nitrogens with zero attached hydrogens (tertiary/aromatic N) is 3. The van der Waals surface area contributed by atoms with Crippen molar-refractivity contribution in [1.82, 2.24) is 14.7 Å². The number of anilines is 1. The number of hydrogen-bond donors (Lipinski definition) is 1. The van der Waals surface area contributed by atoms with E-state index in [1.54, 1.807) is 6.20 Å². The fourth-order valence-corrected chi connectivity index (χ4v) is 3.57. The van der Waals surface area contributed by atoms with Gasteiger partial charge in [-0.15, -0.1) is 4.73 Å². The van der Waals surface area contributed by atoms with E-state index in [9.17, 15) is 4.79 Å². The summed E-state index contributed by atoms with van der Waals surface area (Å²) in [6.07, 6.45) is 3.10. The van der Waals surface area contributed by atoms with Crippen molar-refractivity contribution in [2.45, 2.75) is 13.2 Å². The molecule has 0 bridgehead atoms. The number of benzene rings is 3. The number of pyridine rings is 1. The first kappa shape index (κ1) is 18.8. The maximum Gasteiger partial charge on any atom is 0.287 e. The molecule has 0 fully saturated rings. The van der Waals surface area contributed by atoms with E-state index < -0.39 is 0 Å². The molecule has 1 N–H and O–H groups in total. The van der Waals surface area contributed by atoms with Gasteiger partial charge in [0, 0.05) is 18.8 Å². The van der Waals surface area contributed by atoms with Crippen LogP contribution in [0.2, 0.25) is 0 Å². The van der Waals surface area contributed by atoms with Crippen molar-refractivity contribution in [1.29, 1.82) is 0 Å². The number of rotatable bonds is 6. The maximum absolute atomic E-state index is 12.8. The van der Waals surface area contributed by atoms with Gasteiger partial charge in [-0.2, -0.15) is 0 Å². The molecule has 2 heterocycles. The summed E-state index contributed by atoms with van der Waals surface area (Å²) in [5, 5.41) is 6.46. The second-order valence-corrected chi connectivity index (χ2v) is 7.24. The molecule has 0 aliphatic carbocycles. The Labute approximate surface area is 178 Å². The fraction of sp³-hybridized carbons (Fsp3) is 0.0800. The highest BCUT2D eigenvalue weighted by Gasteiger charge is 2.12. The molecule has 0 saturated heterocycles. The minimum absolute atomic E-state index is 0.268. The zero-order chi connectivity index (χ0) is 21.0. The Morgan fingerprint density at radius 1 is 0.871 bits per heavy atom. The van der Waals surface area contributed by atoms with Crippen molar-refractivity contribution in [3.05, 3.63) is 113 Å². The Bertz CT molecular complexity index is 1410. The first-order valence-electron chi connectivity index (χ1n) is 10.0. The van der Waals surface area contributed by atoms with Crippen LogP contribution in [0.1, 0.15) is 11.1 Å². The second kappa shape index (κ2) is 8.28. The summed E-state index contributed by atoms with van der Waals surface area (Å²) in [6.45, 7) is 0.840. The van der Waals surface area contributed by atoms with E-state index in [4.69, 9.17) is 4.84 Å². The topological polar surface area (TPSA) is 69.0 Å². The van der Waals surface area contributed by atoms with Gasteiger partial charge in [-0.1, -0.05) is 66.7 Å². The Morgan fingerprint density at radius 2 is 1.68 bits per heavy atom. The van der Waals surface area contributed by atoms with E-state index >= 15 is 0 Å². The van der Waals surface area contributed by atoms with Gasteiger partial charge in [0.2, 0.25) is 0 Å². The zero-order valence-electron chi connectivity index (χ0n) is 16.7. The van der Waals surface area contributed by atoms with Gasteiger partial charge in [-0.05, 0) is 28.0 Å². The predicted molar refractivity (Wildman–Crippen MR) is 122 cm³/mol. The van der Waals surface area contributed by atoms with Gasteiger partial charge in [-0.25, -0.2) is 9.97 Å². The van der Waals surface area contributed by atoms with Gasteiger partial charge in [0.25, 0.3) is 5.56 Å². The van der Waals surface area contributed by atoms with Crippen molar-refractivity contribution >= 4 is 27.5 Å². The molecule has 0 atom stereocenters. The fourth-order valence-electron chi connectivity index (χ4n) is 3.57. The summed E-state index contributed by atoms with van der Waals surface area (Å²) < 4.78 is 1.23. The molecule has 0 saturated carbocycles. The van der Waals surface area contributed by atoms with E-state index in [-0.39, 0.29) is 12.2 Å². The summed E-state index contributed by atoms with van der Waals surface area (Å²) in [4.78, 5) is 27.0. The van der Waals surface area contributed by atoms with Crippen molar-refractivity contribution in [3.8, 4) is 0 Å². The van der Waals surface area contributed by atoms with Gasteiger partial charge >= 0.3 is 0 Å². The monoisotopic (exact) mass is 408 g/mol. The van der Waals surface area contributed by atoms with Gasteiger partial charge in [0.15, 0.2) is 5.65 Å². The number of aromatic nitrogens is 3. The third kappa shape index (κ3) is 3.96. The third-order valence-corrected chi connectivity index (χ3v) is 5.14. The molecule has 6 nitrogen and oxygen atoms in total. The molecule has 0 aliphatic rings. The summed E-state index contributed by atoms with van der Waals surface area (Å²) in [6, 6.07) is 25.8. The summed E-state index contributed by atoms with van der Waals surface area (Å²) in [7, 11) is 0. The van der Waals surface area contributed by atoms with Crippen molar-refractivity contribution in [2.75, 3.05) is 5.32 Å². The molecule has 152 valence electrons. The van der Waals surface area contributed by atoms with Crippen LogP contribution in [0.4, 0.5) is 5.69 Å². The Morgan fingerprint density at radius 3 is 2.55 bits per heavy atom. The lowest BCUT2D eigenvalue weighted by molar-refractivity contribution is 0.0980. The maximum atomic E-state index is 12.8. The van der Waals surface area contributed by atoms with E-state index in [0.29, 0.717) is 17.9 Å². The van der Waals surface area contributed by atoms with E-state index in [1.165, 1.54) is 27.9 Å². The smallest absolute Gasteiger partial charge is 0.287 e. The Balaban J connectivity index is 1.43. The lowest BCUT2D eigenvalue weighted by Crippen LogP contribution is -2.27. The Hall–Kier alpha value is -4.19. The minimum atomic E-state index is -0.289. The van der Waals surface area contributed by atoms with Gasteiger partial charge in [0.05, 0.1) is 11.1 Å². The van der Waals surface area contributed by atoms with E-state index in [2.05, 4.69) is 45.6 Å². The molecule has 0 unspecified atom stereocenters. The normalized spacial score (nSPS) is 11.0. The highest BCUT2D eigenvalue weighted by atomic mass is 16.7. The molecule has 2 aromatic heterocycles. The highest BCUT2D eigenvalue weighted by molar-refractivity contribution is 5.88. The second-order valence-electron chi connectivity index (χ2n) is 7.24. The molecule has 5 aromatic rings. The van der Waals surface area contributed by atoms with E-state index in [1.807, 2.05) is 42.5 Å². The Kier molecular flexibility index (Phi) is 5.02. The summed E-state index contributed by atoms with van der Waals surface area (Å²) >= 11 is 0. The van der Waals surface area contributed by atoms with Gasteiger partial charge in [-0.3, -0.25) is 4.79 Å². The van der Waals surface area contributed by atoms with Crippen molar-refractivity contribution in [2.24, 2.45) is 0 Å². The van der Waals surface area contributed by atoms with Crippen LogP contribution in [0, 0.1) is 0 Å². The van der Waals surface area contributed by atoms with Gasteiger partial charge in [0.1, 0.15) is 12.9 Å². The number of nitrogens with one attached hydrogen (secondary N) is 1. The quantitative estimate of drug-likeness (QED) is 0.456. The first-order chi connectivity index (χ1) is 15.3. The molecular weight excluding hydrogens is 388 g/mol. The molecular formula is C25H20N4O2. The molecule has 0 aliphatic heterocycles. The van der Waals surface area contributed by atoms with Crippen LogP contribution < -0.4 is 15.7 Å². The molecule has 0 amide bonds. The molecule has 31 heavy (non-hydrogen) atoms. The molecule has 0 radical (unpaired) electrons. The average Bonchev–Trinajstić information content (AvgIpc) is 2.82. The molecule has 6 heteroatoms. The molecule has 0 spiro atoms. The van der Waals surface area contributed by atoms with Crippen molar-refractivity contribution < 1.29 is 4.84 Å². The zero-order valence-corrected chi connectivity index (χ0v) is 16.7. The lowest BCUT2D eigenvalue weighted by atomic mass is 10.1. The third-order valence-electron chi connectivity index (χ3n) is 5.14. The SMILES string of the molecule is O=c1cc(NCc2ccc3ccccc3c2)c2cncnc2n1OCc1ccccc1. The lowest BCUT2D eigenvalue weighted by Gasteiger charge is -2.14. The van der Waals surface area contributed by atoms with Crippen LogP contribution in [0.3, 0.4) is 0 Å². The van der Waals surface area contributed by atoms with Crippen LogP contribution >= 0.6 is 0 Å². The number of fused-ring (bicyclic) bond motifs is 2. The van der Waals surface area contributed by atoms with Crippen LogP contribution in [-0.2, 0) is 13.2 Å². The number of hydrogen-bond acceptors (Lipinski definition) is 5. The molecule has 3 aromatic carbocycles.